The molecule has 0 aliphatic rings. The number of rotatable bonds is 3. The van der Waals surface area contributed by atoms with E-state index in [1.54, 1.807) is 18.2 Å². The summed E-state index contributed by atoms with van der Waals surface area (Å²) in [5.41, 5.74) is 1.36. The summed E-state index contributed by atoms with van der Waals surface area (Å²) in [7, 11) is 3.01. The highest BCUT2D eigenvalue weighted by Gasteiger charge is 2.09. The molecule has 0 unspecified atom stereocenters. The molecule has 2 rings (SSSR count). The average Bonchev–Trinajstić information content (AvgIpc) is 2.39. The van der Waals surface area contributed by atoms with Crippen molar-refractivity contribution in [1.29, 1.82) is 0 Å². The molecule has 0 fully saturated rings. The Bertz CT molecular complexity index is 514. The molecule has 0 aliphatic heterocycles. The van der Waals surface area contributed by atoms with Crippen LogP contribution in [0.5, 0.6) is 11.6 Å². The van der Waals surface area contributed by atoms with Crippen LogP contribution in [0.25, 0.3) is 11.3 Å². The van der Waals surface area contributed by atoms with Crippen molar-refractivity contribution in [1.82, 2.24) is 10.2 Å². The summed E-state index contributed by atoms with van der Waals surface area (Å²) in [6.45, 7) is 0. The molecule has 88 valence electrons. The lowest BCUT2D eigenvalue weighted by atomic mass is 10.1. The van der Waals surface area contributed by atoms with Gasteiger partial charge in [0.05, 0.1) is 19.9 Å². The smallest absolute Gasteiger partial charge is 0.276 e. The van der Waals surface area contributed by atoms with Crippen LogP contribution >= 0.6 is 0 Å². The number of hydrogen-bond acceptors (Lipinski definition) is 4. The fourth-order valence-corrected chi connectivity index (χ4v) is 1.41. The molecular weight excluding hydrogens is 223 g/mol. The van der Waals surface area contributed by atoms with Gasteiger partial charge in [-0.05, 0) is 24.3 Å². The molecule has 1 aromatic carbocycles. The molecule has 4 nitrogen and oxygen atoms in total. The van der Waals surface area contributed by atoms with Crippen LogP contribution < -0.4 is 9.47 Å². The van der Waals surface area contributed by atoms with Crippen molar-refractivity contribution in [2.75, 3.05) is 14.2 Å². The first-order chi connectivity index (χ1) is 8.24. The van der Waals surface area contributed by atoms with E-state index in [4.69, 9.17) is 9.47 Å². The zero-order valence-electron chi connectivity index (χ0n) is 9.48. The molecule has 17 heavy (non-hydrogen) atoms. The summed E-state index contributed by atoms with van der Waals surface area (Å²) >= 11 is 0. The number of methoxy groups -OCH3 is 2. The van der Waals surface area contributed by atoms with Crippen LogP contribution in [0.1, 0.15) is 0 Å². The predicted octanol–water partition coefficient (Wildman–Crippen LogP) is 2.30. The van der Waals surface area contributed by atoms with E-state index in [0.717, 1.165) is 5.56 Å². The Morgan fingerprint density at radius 3 is 2.29 bits per heavy atom. The first-order valence-corrected chi connectivity index (χ1v) is 4.96. The van der Waals surface area contributed by atoms with Gasteiger partial charge in [0, 0.05) is 11.6 Å². The van der Waals surface area contributed by atoms with Crippen molar-refractivity contribution in [3.63, 3.8) is 0 Å². The maximum atomic E-state index is 12.8. The number of ether oxygens (including phenoxy) is 2. The first kappa shape index (κ1) is 11.3. The van der Waals surface area contributed by atoms with E-state index in [1.807, 2.05) is 0 Å². The number of benzene rings is 1. The highest BCUT2D eigenvalue weighted by atomic mass is 19.1. The molecule has 5 heteroatoms. The summed E-state index contributed by atoms with van der Waals surface area (Å²) in [5, 5.41) is 7.86. The molecule has 0 aliphatic carbocycles. The lowest BCUT2D eigenvalue weighted by Crippen LogP contribution is -1.97. The number of halogens is 1. The van der Waals surface area contributed by atoms with Crippen LogP contribution in [0.4, 0.5) is 4.39 Å². The van der Waals surface area contributed by atoms with Crippen LogP contribution in [0.3, 0.4) is 0 Å². The van der Waals surface area contributed by atoms with E-state index >= 15 is 0 Å². The van der Waals surface area contributed by atoms with Crippen molar-refractivity contribution in [2.45, 2.75) is 0 Å². The number of hydrogen-bond donors (Lipinski definition) is 0. The molecule has 1 heterocycles. The fraction of sp³-hybridized carbons (Fsp3) is 0.167. The lowest BCUT2D eigenvalue weighted by Gasteiger charge is -2.07. The van der Waals surface area contributed by atoms with Crippen molar-refractivity contribution in [3.8, 4) is 22.9 Å². The molecule has 2 aromatic rings. The van der Waals surface area contributed by atoms with Crippen LogP contribution in [0.2, 0.25) is 0 Å². The Morgan fingerprint density at radius 2 is 1.71 bits per heavy atom. The Morgan fingerprint density at radius 1 is 1.00 bits per heavy atom. The van der Waals surface area contributed by atoms with Crippen molar-refractivity contribution >= 4 is 0 Å². The lowest BCUT2D eigenvalue weighted by molar-refractivity contribution is 0.338. The van der Waals surface area contributed by atoms with Crippen LogP contribution in [-0.2, 0) is 0 Å². The van der Waals surface area contributed by atoms with Gasteiger partial charge in [-0.2, -0.15) is 0 Å². The highest BCUT2D eigenvalue weighted by Crippen LogP contribution is 2.27. The minimum Gasteiger partial charge on any atom is -0.491 e. The summed E-state index contributed by atoms with van der Waals surface area (Å²) in [6, 6.07) is 7.69. The monoisotopic (exact) mass is 234 g/mol. The second-order valence-corrected chi connectivity index (χ2v) is 3.31. The molecule has 0 atom stereocenters. The average molecular weight is 234 g/mol. The predicted molar refractivity (Wildman–Crippen MR) is 60.5 cm³/mol. The second-order valence-electron chi connectivity index (χ2n) is 3.31. The minimum absolute atomic E-state index is 0.290. The fourth-order valence-electron chi connectivity index (χ4n) is 1.41. The third-order valence-corrected chi connectivity index (χ3v) is 2.28. The summed E-state index contributed by atoms with van der Waals surface area (Å²) < 4.78 is 22.9. The third-order valence-electron chi connectivity index (χ3n) is 2.28. The number of nitrogens with zero attached hydrogens (tertiary/aromatic N) is 2. The van der Waals surface area contributed by atoms with Crippen LogP contribution in [-0.4, -0.2) is 24.4 Å². The van der Waals surface area contributed by atoms with Crippen LogP contribution in [0, 0.1) is 5.82 Å². The van der Waals surface area contributed by atoms with Crippen molar-refractivity contribution in [3.05, 3.63) is 36.1 Å². The zero-order chi connectivity index (χ0) is 12.3. The molecular formula is C12H11FN2O2. The maximum Gasteiger partial charge on any atom is 0.276 e. The Kier molecular flexibility index (Phi) is 3.18. The van der Waals surface area contributed by atoms with Gasteiger partial charge in [-0.15, -0.1) is 10.2 Å². The second kappa shape index (κ2) is 4.78. The molecule has 0 saturated heterocycles. The quantitative estimate of drug-likeness (QED) is 0.817. The molecule has 0 saturated carbocycles. The standard InChI is InChI=1S/C12H11FN2O2/c1-16-11-7-10(14-15-12(11)17-2)8-3-5-9(13)6-4-8/h3-7H,1-2H3. The van der Waals surface area contributed by atoms with E-state index in [-0.39, 0.29) is 5.82 Å². The number of aromatic nitrogens is 2. The van der Waals surface area contributed by atoms with Gasteiger partial charge >= 0.3 is 0 Å². The summed E-state index contributed by atoms with van der Waals surface area (Å²) in [4.78, 5) is 0. The first-order valence-electron chi connectivity index (χ1n) is 4.96. The Balaban J connectivity index is 2.42. The molecule has 0 amide bonds. The van der Waals surface area contributed by atoms with Crippen LogP contribution in [0.15, 0.2) is 30.3 Å². The largest absolute Gasteiger partial charge is 0.491 e. The Hall–Kier alpha value is -2.17. The van der Waals surface area contributed by atoms with E-state index in [0.29, 0.717) is 17.3 Å². The molecule has 0 N–H and O–H groups in total. The van der Waals surface area contributed by atoms with E-state index in [1.165, 1.54) is 26.4 Å². The van der Waals surface area contributed by atoms with Gasteiger partial charge in [0.1, 0.15) is 5.82 Å². The molecule has 0 bridgehead atoms. The van der Waals surface area contributed by atoms with Gasteiger partial charge in [-0.1, -0.05) is 0 Å². The molecule has 1 aromatic heterocycles. The SMILES string of the molecule is COc1cc(-c2ccc(F)cc2)nnc1OC. The third kappa shape index (κ3) is 2.33. The van der Waals surface area contributed by atoms with Gasteiger partial charge in [-0.25, -0.2) is 4.39 Å². The van der Waals surface area contributed by atoms with E-state index in [9.17, 15) is 4.39 Å². The van der Waals surface area contributed by atoms with Gasteiger partial charge in [-0.3, -0.25) is 0 Å². The topological polar surface area (TPSA) is 44.2 Å². The van der Waals surface area contributed by atoms with Crippen molar-refractivity contribution < 1.29 is 13.9 Å². The van der Waals surface area contributed by atoms with Gasteiger partial charge < -0.3 is 9.47 Å². The normalized spacial score (nSPS) is 10.1. The Labute approximate surface area is 98.0 Å². The maximum absolute atomic E-state index is 12.8. The highest BCUT2D eigenvalue weighted by molar-refractivity contribution is 5.61. The van der Waals surface area contributed by atoms with Gasteiger partial charge in [0.25, 0.3) is 5.88 Å². The van der Waals surface area contributed by atoms with Gasteiger partial charge in [0.15, 0.2) is 5.75 Å². The minimum atomic E-state index is -0.290. The van der Waals surface area contributed by atoms with Crippen molar-refractivity contribution in [2.24, 2.45) is 0 Å². The summed E-state index contributed by atoms with van der Waals surface area (Å²) in [6.07, 6.45) is 0. The summed E-state index contributed by atoms with van der Waals surface area (Å²) in [5.74, 6) is 0.516. The molecule has 0 spiro atoms. The van der Waals surface area contributed by atoms with Gasteiger partial charge in [0.2, 0.25) is 0 Å². The zero-order valence-corrected chi connectivity index (χ0v) is 9.48. The van der Waals surface area contributed by atoms with E-state index in [2.05, 4.69) is 10.2 Å². The van der Waals surface area contributed by atoms with E-state index < -0.39 is 0 Å². The molecule has 0 radical (unpaired) electrons.